The molecule has 1 amide bonds. The second-order valence-electron chi connectivity index (χ2n) is 6.70. The van der Waals surface area contributed by atoms with Gasteiger partial charge in [0, 0.05) is 17.6 Å². The van der Waals surface area contributed by atoms with Crippen LogP contribution in [0.5, 0.6) is 0 Å². The molecule has 0 unspecified atom stereocenters. The van der Waals surface area contributed by atoms with Crippen molar-refractivity contribution in [1.82, 2.24) is 9.78 Å². The van der Waals surface area contributed by atoms with Crippen LogP contribution in [0, 0.1) is 17.2 Å². The van der Waals surface area contributed by atoms with Gasteiger partial charge in [-0.3, -0.25) is 18.6 Å². The number of alkyl halides is 3. The van der Waals surface area contributed by atoms with Crippen molar-refractivity contribution in [2.75, 3.05) is 16.8 Å². The highest BCUT2D eigenvalue weighted by Crippen LogP contribution is 2.49. The van der Waals surface area contributed by atoms with E-state index in [0.29, 0.717) is 0 Å². The molecule has 1 aromatic carbocycles. The number of anilines is 2. The fraction of sp³-hybridized carbons (Fsp3) is 0.353. The second kappa shape index (κ2) is 7.58. The Kier molecular flexibility index (Phi) is 5.48. The van der Waals surface area contributed by atoms with Gasteiger partial charge in [-0.05, 0) is 30.7 Å². The molecule has 0 spiro atoms. The smallest absolute Gasteiger partial charge is 0.365 e. The number of nitriles is 1. The number of aromatic nitrogens is 2. The number of nitrogens with one attached hydrogen (secondary N) is 1. The van der Waals surface area contributed by atoms with Crippen LogP contribution >= 0.6 is 10.6 Å². The zero-order valence-corrected chi connectivity index (χ0v) is 15.7. The third kappa shape index (κ3) is 4.64. The van der Waals surface area contributed by atoms with E-state index in [4.69, 9.17) is 5.73 Å². The molecule has 2 heterocycles. The average Bonchev–Trinajstić information content (AvgIpc) is 3.04. The van der Waals surface area contributed by atoms with E-state index in [1.165, 1.54) is 23.0 Å². The van der Waals surface area contributed by atoms with Gasteiger partial charge in [-0.2, -0.15) is 34.1 Å². The van der Waals surface area contributed by atoms with Crippen molar-refractivity contribution in [2.45, 2.75) is 18.6 Å². The Labute approximate surface area is 165 Å². The lowest BCUT2D eigenvalue weighted by Gasteiger charge is -2.41. The van der Waals surface area contributed by atoms with Gasteiger partial charge < -0.3 is 11.1 Å². The van der Waals surface area contributed by atoms with Gasteiger partial charge in [0.25, 0.3) is 5.91 Å². The molecule has 156 valence electrons. The molecule has 0 bridgehead atoms. The Morgan fingerprint density at radius 3 is 2.55 bits per heavy atom. The molecule has 12 heteroatoms. The van der Waals surface area contributed by atoms with Gasteiger partial charge in [-0.15, -0.1) is 0 Å². The van der Waals surface area contributed by atoms with Gasteiger partial charge in [0.15, 0.2) is 5.82 Å². The van der Waals surface area contributed by atoms with E-state index in [2.05, 4.69) is 10.4 Å². The first-order valence-corrected chi connectivity index (χ1v) is 10.3. The largest absolute Gasteiger partial charge is 0.416 e. The molecular weight excluding hydrogens is 411 g/mol. The van der Waals surface area contributed by atoms with Gasteiger partial charge in [0.05, 0.1) is 29.3 Å². The maximum absolute atomic E-state index is 12.7. The highest BCUT2D eigenvalue weighted by atomic mass is 32.3. The molecule has 1 aliphatic rings. The van der Waals surface area contributed by atoms with E-state index in [1.54, 1.807) is 0 Å². The first kappa shape index (κ1) is 21.0. The minimum atomic E-state index is -4.47. The van der Waals surface area contributed by atoms with E-state index in [-0.39, 0.29) is 35.0 Å². The van der Waals surface area contributed by atoms with Crippen LogP contribution in [0.15, 0.2) is 30.5 Å². The molecule has 1 fully saturated rings. The summed E-state index contributed by atoms with van der Waals surface area (Å²) in [6, 6.07) is 5.70. The molecule has 1 saturated heterocycles. The number of hydrogen-bond donors (Lipinski definition) is 4. The normalized spacial score (nSPS) is 22.5. The molecule has 1 aliphatic heterocycles. The minimum Gasteiger partial charge on any atom is -0.365 e. The number of benzene rings is 1. The van der Waals surface area contributed by atoms with E-state index in [9.17, 15) is 32.3 Å². The number of nitrogens with zero attached hydrogens (tertiary/aromatic N) is 3. The number of halogens is 3. The number of carbonyl (C=O) groups excluding carboxylic acids is 1. The minimum absolute atomic E-state index is 0.00114. The molecule has 1 aromatic heterocycles. The zero-order chi connectivity index (χ0) is 21.4. The molecule has 0 radical (unpaired) electrons. The highest BCUT2D eigenvalue weighted by molar-refractivity contribution is 8.24. The van der Waals surface area contributed by atoms with Crippen molar-refractivity contribution < 1.29 is 27.1 Å². The molecule has 0 saturated carbocycles. The molecular formula is C17H18F3N5O3S. The summed E-state index contributed by atoms with van der Waals surface area (Å²) in [5.41, 5.74) is 4.83. The average molecular weight is 429 g/mol. The third-order valence-electron chi connectivity index (χ3n) is 4.63. The molecule has 3 rings (SSSR count). The van der Waals surface area contributed by atoms with Crippen LogP contribution in [0.25, 0.3) is 0 Å². The Bertz CT molecular complexity index is 953. The Balaban J connectivity index is 1.88. The summed E-state index contributed by atoms with van der Waals surface area (Å²) in [6.45, 7) is 0. The fourth-order valence-corrected chi connectivity index (χ4v) is 4.80. The lowest BCUT2D eigenvalue weighted by atomic mass is 10.0. The van der Waals surface area contributed by atoms with Gasteiger partial charge >= 0.3 is 6.18 Å². The van der Waals surface area contributed by atoms with Gasteiger partial charge in [0.2, 0.25) is 0 Å². The SMILES string of the molecule is N#C[C@@H]1CS(O)(O)CC[C@H]1n1cc(C(N)=O)c(Nc2ccc(C(F)(F)F)cc2)n1. The predicted molar refractivity (Wildman–Crippen MR) is 101 cm³/mol. The number of rotatable bonds is 4. The number of carbonyl (C=O) groups is 1. The van der Waals surface area contributed by atoms with E-state index in [0.717, 1.165) is 12.1 Å². The topological polar surface area (TPSA) is 137 Å². The Morgan fingerprint density at radius 1 is 1.34 bits per heavy atom. The van der Waals surface area contributed by atoms with Crippen LogP contribution in [0.2, 0.25) is 0 Å². The quantitative estimate of drug-likeness (QED) is 0.586. The Hall–Kier alpha value is -2.75. The van der Waals surface area contributed by atoms with Crippen molar-refractivity contribution in [2.24, 2.45) is 11.7 Å². The standard InChI is InChI=1S/C17H18F3N5O3S/c18-17(19,20)11-1-3-12(4-2-11)23-16-13(15(22)26)8-25(24-16)14-5-6-29(27,28)9-10(14)7-21/h1-4,8,10,14,27-28H,5-6,9H2,(H2,22,26)(H,23,24)/t10-,14-/m1/s1. The van der Waals surface area contributed by atoms with Crippen LogP contribution in [0.4, 0.5) is 24.7 Å². The third-order valence-corrected chi connectivity index (χ3v) is 6.41. The summed E-state index contributed by atoms with van der Waals surface area (Å²) < 4.78 is 59.2. The van der Waals surface area contributed by atoms with Crippen molar-refractivity contribution in [1.29, 1.82) is 5.26 Å². The second-order valence-corrected chi connectivity index (χ2v) is 9.05. The number of primary amides is 1. The van der Waals surface area contributed by atoms with Crippen LogP contribution < -0.4 is 11.1 Å². The number of nitrogens with two attached hydrogens (primary N) is 1. The number of amides is 1. The van der Waals surface area contributed by atoms with Crippen LogP contribution in [-0.4, -0.2) is 36.3 Å². The van der Waals surface area contributed by atoms with Crippen LogP contribution in [0.3, 0.4) is 0 Å². The summed E-state index contributed by atoms with van der Waals surface area (Å²) in [5, 5.41) is 16.4. The van der Waals surface area contributed by atoms with Gasteiger partial charge in [-0.25, -0.2) is 0 Å². The number of hydrogen-bond acceptors (Lipinski definition) is 6. The Morgan fingerprint density at radius 2 is 2.00 bits per heavy atom. The molecule has 0 aliphatic carbocycles. The summed E-state index contributed by atoms with van der Waals surface area (Å²) in [6.07, 6.45) is -2.86. The van der Waals surface area contributed by atoms with Crippen molar-refractivity contribution >= 4 is 28.0 Å². The summed E-state index contributed by atoms with van der Waals surface area (Å²) in [5.74, 6) is -1.50. The summed E-state index contributed by atoms with van der Waals surface area (Å²) in [7, 11) is -2.83. The maximum atomic E-state index is 12.7. The molecule has 2 atom stereocenters. The van der Waals surface area contributed by atoms with Gasteiger partial charge in [0.1, 0.15) is 5.56 Å². The first-order chi connectivity index (χ1) is 13.5. The molecule has 29 heavy (non-hydrogen) atoms. The summed E-state index contributed by atoms with van der Waals surface area (Å²) >= 11 is 0. The molecule has 2 aromatic rings. The predicted octanol–water partition coefficient (Wildman–Crippen LogP) is 3.58. The molecule has 5 N–H and O–H groups in total. The van der Waals surface area contributed by atoms with Crippen molar-refractivity contribution in [3.63, 3.8) is 0 Å². The lowest BCUT2D eigenvalue weighted by Crippen LogP contribution is -2.31. The fourth-order valence-electron chi connectivity index (χ4n) is 3.15. The van der Waals surface area contributed by atoms with Crippen LogP contribution in [0.1, 0.15) is 28.4 Å². The monoisotopic (exact) mass is 429 g/mol. The first-order valence-electron chi connectivity index (χ1n) is 8.46. The van der Waals surface area contributed by atoms with Crippen LogP contribution in [-0.2, 0) is 6.18 Å². The maximum Gasteiger partial charge on any atom is 0.416 e. The zero-order valence-electron chi connectivity index (χ0n) is 14.9. The van der Waals surface area contributed by atoms with Crippen molar-refractivity contribution in [3.05, 3.63) is 41.6 Å². The van der Waals surface area contributed by atoms with Crippen molar-refractivity contribution in [3.8, 4) is 6.07 Å². The molecule has 8 nitrogen and oxygen atoms in total. The van der Waals surface area contributed by atoms with E-state index in [1.807, 2.05) is 6.07 Å². The van der Waals surface area contributed by atoms with E-state index < -0.39 is 40.2 Å². The van der Waals surface area contributed by atoms with Gasteiger partial charge in [-0.1, -0.05) is 0 Å². The lowest BCUT2D eigenvalue weighted by molar-refractivity contribution is -0.137. The highest BCUT2D eigenvalue weighted by Gasteiger charge is 2.36. The van der Waals surface area contributed by atoms with E-state index >= 15 is 0 Å². The summed E-state index contributed by atoms with van der Waals surface area (Å²) in [4.78, 5) is 11.8.